The number of methoxy groups -OCH3 is 1. The molecule has 1 saturated carbocycles. The zero-order valence-corrected chi connectivity index (χ0v) is 17.5. The van der Waals surface area contributed by atoms with Crippen molar-refractivity contribution >= 4 is 7.37 Å². The Balaban J connectivity index is 1.59. The third kappa shape index (κ3) is 5.94. The van der Waals surface area contributed by atoms with Gasteiger partial charge in [0, 0.05) is 12.3 Å². The van der Waals surface area contributed by atoms with Crippen molar-refractivity contribution in [3.8, 4) is 11.5 Å². The molecule has 1 saturated heterocycles. The van der Waals surface area contributed by atoms with Crippen molar-refractivity contribution in [2.45, 2.75) is 62.8 Å². The largest absolute Gasteiger partial charge is 0.497 e. The van der Waals surface area contributed by atoms with Crippen LogP contribution >= 0.6 is 7.37 Å². The van der Waals surface area contributed by atoms with Crippen LogP contribution in [0, 0.1) is 5.92 Å². The Bertz CT molecular complexity index is 690. The molecule has 1 aromatic rings. The van der Waals surface area contributed by atoms with E-state index in [1.165, 1.54) is 0 Å². The SMILES string of the molecule is COc1ccc(OC2O[C@H](CCP(=O)(O)CC3CCCC3)[C@@H](O)[C@H](O)[C@@H]2O)cc1. The third-order valence-corrected chi connectivity index (χ3v) is 7.81. The summed E-state index contributed by atoms with van der Waals surface area (Å²) in [4.78, 5) is 10.3. The lowest BCUT2D eigenvalue weighted by Crippen LogP contribution is -2.59. The predicted molar refractivity (Wildman–Crippen MR) is 106 cm³/mol. The molecule has 0 bridgehead atoms. The van der Waals surface area contributed by atoms with Crippen LogP contribution in [-0.4, -0.2) is 70.4 Å². The smallest absolute Gasteiger partial charge is 0.229 e. The second-order valence-electron chi connectivity index (χ2n) is 8.00. The minimum Gasteiger partial charge on any atom is -0.497 e. The highest BCUT2D eigenvalue weighted by Crippen LogP contribution is 2.47. The van der Waals surface area contributed by atoms with Gasteiger partial charge in [0.2, 0.25) is 13.7 Å². The van der Waals surface area contributed by atoms with E-state index in [-0.39, 0.29) is 24.7 Å². The zero-order chi connectivity index (χ0) is 21.0. The first kappa shape index (κ1) is 22.5. The first-order valence-electron chi connectivity index (χ1n) is 10.1. The van der Waals surface area contributed by atoms with Gasteiger partial charge in [0.15, 0.2) is 0 Å². The molecule has 2 fully saturated rings. The fourth-order valence-corrected chi connectivity index (χ4v) is 6.07. The van der Waals surface area contributed by atoms with E-state index in [1.807, 2.05) is 0 Å². The van der Waals surface area contributed by atoms with E-state index in [4.69, 9.17) is 14.2 Å². The van der Waals surface area contributed by atoms with Crippen LogP contribution in [0.5, 0.6) is 11.5 Å². The van der Waals surface area contributed by atoms with Gasteiger partial charge in [-0.1, -0.05) is 12.8 Å². The lowest BCUT2D eigenvalue weighted by molar-refractivity contribution is -0.272. The maximum atomic E-state index is 12.6. The zero-order valence-electron chi connectivity index (χ0n) is 16.6. The average molecular weight is 430 g/mol. The highest BCUT2D eigenvalue weighted by Gasteiger charge is 2.45. The van der Waals surface area contributed by atoms with E-state index < -0.39 is 38.1 Å². The Labute approximate surface area is 170 Å². The van der Waals surface area contributed by atoms with Crippen LogP contribution in [0.4, 0.5) is 0 Å². The number of benzene rings is 1. The average Bonchev–Trinajstić information content (AvgIpc) is 3.20. The second-order valence-corrected chi connectivity index (χ2v) is 10.5. The number of aliphatic hydroxyl groups excluding tert-OH is 3. The fourth-order valence-electron chi connectivity index (χ4n) is 4.06. The lowest BCUT2D eigenvalue weighted by atomic mass is 9.97. The summed E-state index contributed by atoms with van der Waals surface area (Å²) in [6.07, 6.45) is -1.90. The highest BCUT2D eigenvalue weighted by atomic mass is 31.2. The number of hydrogen-bond donors (Lipinski definition) is 4. The molecule has 1 aromatic carbocycles. The van der Waals surface area contributed by atoms with Crippen LogP contribution in [0.2, 0.25) is 0 Å². The Morgan fingerprint density at radius 1 is 1.03 bits per heavy atom. The summed E-state index contributed by atoms with van der Waals surface area (Å²) in [5.41, 5.74) is 0. The van der Waals surface area contributed by atoms with Crippen molar-refractivity contribution in [3.05, 3.63) is 24.3 Å². The number of rotatable bonds is 8. The fraction of sp³-hybridized carbons (Fsp3) is 0.700. The molecule has 2 aliphatic rings. The molecule has 8 nitrogen and oxygen atoms in total. The Morgan fingerprint density at radius 2 is 1.66 bits per heavy atom. The van der Waals surface area contributed by atoms with Crippen LogP contribution in [0.3, 0.4) is 0 Å². The monoisotopic (exact) mass is 430 g/mol. The molecule has 0 spiro atoms. The summed E-state index contributed by atoms with van der Waals surface area (Å²) in [6.45, 7) is 0. The topological polar surface area (TPSA) is 126 Å². The summed E-state index contributed by atoms with van der Waals surface area (Å²) < 4.78 is 28.9. The summed E-state index contributed by atoms with van der Waals surface area (Å²) in [5.74, 6) is 1.31. The summed E-state index contributed by atoms with van der Waals surface area (Å²) >= 11 is 0. The van der Waals surface area contributed by atoms with Gasteiger partial charge in [-0.05, 0) is 49.4 Å². The molecular weight excluding hydrogens is 399 g/mol. The minimum atomic E-state index is -3.36. The quantitative estimate of drug-likeness (QED) is 0.460. The van der Waals surface area contributed by atoms with Gasteiger partial charge in [-0.2, -0.15) is 0 Å². The van der Waals surface area contributed by atoms with Crippen LogP contribution < -0.4 is 9.47 Å². The van der Waals surface area contributed by atoms with Crippen molar-refractivity contribution in [2.24, 2.45) is 5.92 Å². The molecule has 164 valence electrons. The van der Waals surface area contributed by atoms with Crippen molar-refractivity contribution in [3.63, 3.8) is 0 Å². The number of hydrogen-bond acceptors (Lipinski definition) is 7. The normalized spacial score (nSPS) is 32.7. The molecule has 0 radical (unpaired) electrons. The van der Waals surface area contributed by atoms with E-state index in [2.05, 4.69) is 0 Å². The van der Waals surface area contributed by atoms with Crippen molar-refractivity contribution < 1.29 is 39.0 Å². The van der Waals surface area contributed by atoms with Crippen LogP contribution in [0.25, 0.3) is 0 Å². The predicted octanol–water partition coefficient (Wildman–Crippen LogP) is 1.73. The first-order valence-corrected chi connectivity index (χ1v) is 12.1. The summed E-state index contributed by atoms with van der Waals surface area (Å²) in [7, 11) is -1.81. The number of aliphatic hydroxyl groups is 3. The molecule has 0 aromatic heterocycles. The second kappa shape index (κ2) is 9.77. The van der Waals surface area contributed by atoms with Crippen molar-refractivity contribution in [1.82, 2.24) is 0 Å². The van der Waals surface area contributed by atoms with Crippen molar-refractivity contribution in [2.75, 3.05) is 19.4 Å². The van der Waals surface area contributed by atoms with Gasteiger partial charge in [0.1, 0.15) is 29.8 Å². The molecule has 1 heterocycles. The highest BCUT2D eigenvalue weighted by molar-refractivity contribution is 7.58. The summed E-state index contributed by atoms with van der Waals surface area (Å²) in [5, 5.41) is 30.7. The molecule has 3 rings (SSSR count). The van der Waals surface area contributed by atoms with Gasteiger partial charge in [0.25, 0.3) is 0 Å². The molecule has 1 aliphatic heterocycles. The van der Waals surface area contributed by atoms with E-state index >= 15 is 0 Å². The van der Waals surface area contributed by atoms with Gasteiger partial charge in [0.05, 0.1) is 13.2 Å². The molecule has 29 heavy (non-hydrogen) atoms. The lowest BCUT2D eigenvalue weighted by Gasteiger charge is -2.40. The van der Waals surface area contributed by atoms with E-state index in [1.54, 1.807) is 31.4 Å². The van der Waals surface area contributed by atoms with Gasteiger partial charge >= 0.3 is 0 Å². The van der Waals surface area contributed by atoms with Gasteiger partial charge in [-0.25, -0.2) is 0 Å². The van der Waals surface area contributed by atoms with Gasteiger partial charge < -0.3 is 34.4 Å². The van der Waals surface area contributed by atoms with Crippen LogP contribution in [0.15, 0.2) is 24.3 Å². The maximum absolute atomic E-state index is 12.6. The third-order valence-electron chi connectivity index (χ3n) is 5.76. The molecule has 2 unspecified atom stereocenters. The van der Waals surface area contributed by atoms with E-state index in [9.17, 15) is 24.8 Å². The Hall–Kier alpha value is -1.15. The standard InChI is InChI=1S/C20H31O8P/c1-26-14-6-8-15(9-7-14)27-20-19(23)18(22)17(21)16(28-20)10-11-29(24,25)12-13-4-2-3-5-13/h6-9,13,16-23H,2-5,10-12H2,1H3,(H,24,25)/t16-,17-,18+,19+,20?/m1/s1. The number of ether oxygens (including phenoxy) is 3. The molecule has 1 aliphatic carbocycles. The van der Waals surface area contributed by atoms with Gasteiger partial charge in [-0.3, -0.25) is 4.57 Å². The van der Waals surface area contributed by atoms with E-state index in [0.29, 0.717) is 11.5 Å². The Morgan fingerprint density at radius 3 is 2.28 bits per heavy atom. The molecule has 9 heteroatoms. The van der Waals surface area contributed by atoms with Gasteiger partial charge in [-0.15, -0.1) is 0 Å². The summed E-state index contributed by atoms with van der Waals surface area (Å²) in [6, 6.07) is 6.62. The molecule has 6 atom stereocenters. The Kier molecular flexibility index (Phi) is 7.59. The maximum Gasteiger partial charge on any atom is 0.229 e. The minimum absolute atomic E-state index is 0.0106. The molecule has 0 amide bonds. The van der Waals surface area contributed by atoms with Crippen molar-refractivity contribution in [1.29, 1.82) is 0 Å². The van der Waals surface area contributed by atoms with Crippen LogP contribution in [0.1, 0.15) is 32.1 Å². The molecule has 4 N–H and O–H groups in total. The molecular formula is C20H31O8P. The van der Waals surface area contributed by atoms with Crippen LogP contribution in [-0.2, 0) is 9.30 Å². The van der Waals surface area contributed by atoms with E-state index in [0.717, 1.165) is 25.7 Å². The first-order chi connectivity index (χ1) is 13.8.